The highest BCUT2D eigenvalue weighted by Gasteiger charge is 2.40. The molecule has 1 aromatic rings. The van der Waals surface area contributed by atoms with Gasteiger partial charge in [0.2, 0.25) is 0 Å². The van der Waals surface area contributed by atoms with Gasteiger partial charge in [-0.05, 0) is 5.56 Å². The molecule has 1 rings (SSSR count). The molecule has 1 N–H and O–H groups in total. The lowest BCUT2D eigenvalue weighted by Crippen LogP contribution is -2.18. The van der Waals surface area contributed by atoms with E-state index in [1.54, 1.807) is 6.07 Å². The fourth-order valence-electron chi connectivity index (χ4n) is 0.972. The van der Waals surface area contributed by atoms with Gasteiger partial charge in [0, 0.05) is 0 Å². The van der Waals surface area contributed by atoms with Gasteiger partial charge >= 0.3 is 6.18 Å². The van der Waals surface area contributed by atoms with Crippen molar-refractivity contribution in [2.24, 2.45) is 5.11 Å². The van der Waals surface area contributed by atoms with Crippen LogP contribution in [0.1, 0.15) is 11.6 Å². The molecule has 2 nitrogen and oxygen atoms in total. The smallest absolute Gasteiger partial charge is 0.209 e. The van der Waals surface area contributed by atoms with E-state index in [2.05, 4.69) is 5.11 Å². The van der Waals surface area contributed by atoms with E-state index in [1.165, 1.54) is 24.3 Å². The molecule has 1 unspecified atom stereocenters. The average Bonchev–Trinajstić information content (AvgIpc) is 2.05. The van der Waals surface area contributed by atoms with Crippen molar-refractivity contribution in [3.05, 3.63) is 35.9 Å². The maximum atomic E-state index is 12.2. The Morgan fingerprint density at radius 2 is 1.69 bits per heavy atom. The van der Waals surface area contributed by atoms with Crippen LogP contribution in [0.5, 0.6) is 0 Å². The van der Waals surface area contributed by atoms with Crippen molar-refractivity contribution >= 4 is 0 Å². The van der Waals surface area contributed by atoms with Gasteiger partial charge in [0.25, 0.3) is 0 Å². The molecular weight excluding hydrogens is 181 g/mol. The molecule has 0 spiro atoms. The molecular formula is C8H7F3N2. The minimum atomic E-state index is -4.48. The fourth-order valence-corrected chi connectivity index (χ4v) is 0.972. The number of hydrogen-bond donors (Lipinski definition) is 1. The summed E-state index contributed by atoms with van der Waals surface area (Å²) in [6, 6.07) is 5.15. The highest BCUT2D eigenvalue weighted by atomic mass is 19.4. The van der Waals surface area contributed by atoms with E-state index < -0.39 is 12.2 Å². The van der Waals surface area contributed by atoms with Crippen LogP contribution in [0, 0.1) is 5.53 Å². The zero-order valence-electron chi connectivity index (χ0n) is 6.55. The molecule has 0 fully saturated rings. The maximum absolute atomic E-state index is 12.2. The standard InChI is InChI=1S/C8H7F3N2/c9-8(10,11)7(13-12)6-4-2-1-3-5-6/h1-5,7,12H. The van der Waals surface area contributed by atoms with Crippen molar-refractivity contribution in [3.63, 3.8) is 0 Å². The number of alkyl halides is 3. The molecule has 5 heteroatoms. The quantitative estimate of drug-likeness (QED) is 0.691. The second-order valence-corrected chi connectivity index (χ2v) is 2.48. The third kappa shape index (κ3) is 2.27. The molecule has 0 aliphatic heterocycles. The normalized spacial score (nSPS) is 13.8. The Hall–Kier alpha value is -1.39. The predicted octanol–water partition coefficient (Wildman–Crippen LogP) is 3.32. The van der Waals surface area contributed by atoms with Gasteiger partial charge in [0.15, 0.2) is 6.04 Å². The van der Waals surface area contributed by atoms with Gasteiger partial charge in [-0.15, -0.1) is 0 Å². The van der Waals surface area contributed by atoms with Crippen molar-refractivity contribution < 1.29 is 13.2 Å². The molecule has 0 saturated heterocycles. The monoisotopic (exact) mass is 188 g/mol. The van der Waals surface area contributed by atoms with E-state index >= 15 is 0 Å². The van der Waals surface area contributed by atoms with E-state index in [0.29, 0.717) is 0 Å². The first-order valence-corrected chi connectivity index (χ1v) is 3.54. The molecule has 1 aromatic carbocycles. The van der Waals surface area contributed by atoms with Crippen LogP contribution in [-0.4, -0.2) is 6.18 Å². The summed E-state index contributed by atoms with van der Waals surface area (Å²) >= 11 is 0. The van der Waals surface area contributed by atoms with Crippen molar-refractivity contribution in [2.45, 2.75) is 12.2 Å². The fraction of sp³-hybridized carbons (Fsp3) is 0.250. The van der Waals surface area contributed by atoms with Crippen LogP contribution < -0.4 is 0 Å². The summed E-state index contributed by atoms with van der Waals surface area (Å²) in [5.74, 6) is 0. The number of halogens is 3. The van der Waals surface area contributed by atoms with Crippen LogP contribution in [0.4, 0.5) is 13.2 Å². The third-order valence-electron chi connectivity index (χ3n) is 1.55. The summed E-state index contributed by atoms with van der Waals surface area (Å²) < 4.78 is 36.6. The van der Waals surface area contributed by atoms with Crippen LogP contribution in [0.2, 0.25) is 0 Å². The second kappa shape index (κ2) is 3.55. The second-order valence-electron chi connectivity index (χ2n) is 2.48. The lowest BCUT2D eigenvalue weighted by atomic mass is 10.1. The van der Waals surface area contributed by atoms with Crippen LogP contribution in [0.25, 0.3) is 0 Å². The molecule has 0 saturated carbocycles. The molecule has 0 aliphatic rings. The summed E-state index contributed by atoms with van der Waals surface area (Å²) in [5.41, 5.74) is 6.45. The van der Waals surface area contributed by atoms with Crippen molar-refractivity contribution in [2.75, 3.05) is 0 Å². The summed E-state index contributed by atoms with van der Waals surface area (Å²) in [7, 11) is 0. The Balaban J connectivity index is 2.99. The minimum absolute atomic E-state index is 0.00926. The van der Waals surface area contributed by atoms with E-state index in [4.69, 9.17) is 5.53 Å². The molecule has 70 valence electrons. The zero-order valence-corrected chi connectivity index (χ0v) is 6.55. The van der Waals surface area contributed by atoms with Gasteiger partial charge < -0.3 is 0 Å². The molecule has 0 amide bonds. The summed E-state index contributed by atoms with van der Waals surface area (Å²) in [6.45, 7) is 0. The first kappa shape index (κ1) is 9.70. The van der Waals surface area contributed by atoms with E-state index in [9.17, 15) is 13.2 Å². The SMILES string of the molecule is N=NC(c1ccccc1)C(F)(F)F. The Bertz CT molecular complexity index is 281. The molecule has 1 atom stereocenters. The number of rotatable bonds is 2. The van der Waals surface area contributed by atoms with Gasteiger partial charge in [-0.3, -0.25) is 0 Å². The third-order valence-corrected chi connectivity index (χ3v) is 1.55. The molecule has 13 heavy (non-hydrogen) atoms. The Morgan fingerprint density at radius 1 is 1.15 bits per heavy atom. The average molecular weight is 188 g/mol. The number of nitrogens with zero attached hydrogens (tertiary/aromatic N) is 1. The van der Waals surface area contributed by atoms with Gasteiger partial charge in [0.05, 0.1) is 0 Å². The van der Waals surface area contributed by atoms with Crippen molar-refractivity contribution in [1.29, 1.82) is 5.53 Å². The Morgan fingerprint density at radius 3 is 2.08 bits per heavy atom. The number of hydrogen-bond acceptors (Lipinski definition) is 2. The summed E-state index contributed by atoms with van der Waals surface area (Å²) in [5, 5.41) is 2.55. The molecule has 0 radical (unpaired) electrons. The number of nitrogens with one attached hydrogen (secondary N) is 1. The zero-order chi connectivity index (χ0) is 9.90. The van der Waals surface area contributed by atoms with E-state index in [1.807, 2.05) is 0 Å². The molecule has 0 bridgehead atoms. The largest absolute Gasteiger partial charge is 0.416 e. The first-order chi connectivity index (χ1) is 6.05. The predicted molar refractivity (Wildman–Crippen MR) is 40.4 cm³/mol. The van der Waals surface area contributed by atoms with Gasteiger partial charge in [-0.1, -0.05) is 30.3 Å². The van der Waals surface area contributed by atoms with Gasteiger partial charge in [0.1, 0.15) is 0 Å². The summed E-state index contributed by atoms with van der Waals surface area (Å²) in [4.78, 5) is 0. The minimum Gasteiger partial charge on any atom is -0.209 e. The summed E-state index contributed by atoms with van der Waals surface area (Å²) in [6.07, 6.45) is -4.48. The van der Waals surface area contributed by atoms with E-state index in [0.717, 1.165) is 0 Å². The Labute approximate surface area is 72.9 Å². The van der Waals surface area contributed by atoms with Gasteiger partial charge in [-0.25, -0.2) is 5.53 Å². The molecule has 0 aromatic heterocycles. The van der Waals surface area contributed by atoms with E-state index in [-0.39, 0.29) is 5.56 Å². The lowest BCUT2D eigenvalue weighted by Gasteiger charge is -2.14. The molecule has 0 aliphatic carbocycles. The highest BCUT2D eigenvalue weighted by Crippen LogP contribution is 2.35. The number of benzene rings is 1. The maximum Gasteiger partial charge on any atom is 0.416 e. The van der Waals surface area contributed by atoms with Crippen LogP contribution in [0.15, 0.2) is 35.4 Å². The van der Waals surface area contributed by atoms with Gasteiger partial charge in [-0.2, -0.15) is 18.3 Å². The highest BCUT2D eigenvalue weighted by molar-refractivity contribution is 5.20. The lowest BCUT2D eigenvalue weighted by molar-refractivity contribution is -0.150. The topological polar surface area (TPSA) is 36.2 Å². The van der Waals surface area contributed by atoms with Crippen LogP contribution in [0.3, 0.4) is 0 Å². The van der Waals surface area contributed by atoms with Crippen LogP contribution >= 0.6 is 0 Å². The van der Waals surface area contributed by atoms with Crippen molar-refractivity contribution in [1.82, 2.24) is 0 Å². The Kier molecular flexibility index (Phi) is 2.65. The molecule has 0 heterocycles. The van der Waals surface area contributed by atoms with Crippen molar-refractivity contribution in [3.8, 4) is 0 Å². The van der Waals surface area contributed by atoms with Crippen LogP contribution in [-0.2, 0) is 0 Å². The first-order valence-electron chi connectivity index (χ1n) is 3.54.